The molecule has 6 heteroatoms. The van der Waals surface area contributed by atoms with Crippen LogP contribution in [0.4, 0.5) is 15.8 Å². The minimum absolute atomic E-state index is 0.319. The summed E-state index contributed by atoms with van der Waals surface area (Å²) in [6.07, 6.45) is 0. The first-order valence-electron chi connectivity index (χ1n) is 5.29. The van der Waals surface area contributed by atoms with Crippen LogP contribution in [0.25, 0.3) is 0 Å². The highest BCUT2D eigenvalue weighted by molar-refractivity contribution is 9.11. The van der Waals surface area contributed by atoms with Crippen molar-refractivity contribution in [2.45, 2.75) is 0 Å². The van der Waals surface area contributed by atoms with Gasteiger partial charge in [0.2, 0.25) is 0 Å². The Morgan fingerprint density at radius 2 is 1.79 bits per heavy atom. The monoisotopic (exact) mass is 386 g/mol. The van der Waals surface area contributed by atoms with Crippen molar-refractivity contribution in [1.29, 1.82) is 0 Å². The number of hydrogen-bond donors (Lipinski definition) is 2. The lowest BCUT2D eigenvalue weighted by atomic mass is 10.2. The van der Waals surface area contributed by atoms with E-state index in [-0.39, 0.29) is 5.91 Å². The summed E-state index contributed by atoms with van der Waals surface area (Å²) >= 11 is 6.41. The van der Waals surface area contributed by atoms with Crippen LogP contribution in [-0.4, -0.2) is 5.91 Å². The van der Waals surface area contributed by atoms with E-state index >= 15 is 0 Å². The second kappa shape index (κ2) is 5.71. The predicted molar refractivity (Wildman–Crippen MR) is 80.6 cm³/mol. The van der Waals surface area contributed by atoms with Crippen molar-refractivity contribution in [3.05, 3.63) is 56.7 Å². The van der Waals surface area contributed by atoms with Gasteiger partial charge in [0, 0.05) is 20.2 Å². The normalized spacial score (nSPS) is 10.3. The first-order chi connectivity index (χ1) is 8.97. The highest BCUT2D eigenvalue weighted by Gasteiger charge is 2.12. The summed E-state index contributed by atoms with van der Waals surface area (Å²) in [6, 6.07) is 9.16. The van der Waals surface area contributed by atoms with Crippen molar-refractivity contribution in [2.24, 2.45) is 0 Å². The number of rotatable bonds is 2. The van der Waals surface area contributed by atoms with E-state index in [1.54, 1.807) is 24.3 Å². The molecule has 0 saturated carbocycles. The van der Waals surface area contributed by atoms with Gasteiger partial charge in [0.05, 0.1) is 5.69 Å². The van der Waals surface area contributed by atoms with E-state index < -0.39 is 5.82 Å². The Hall–Kier alpha value is -1.40. The number of nitrogens with two attached hydrogens (primary N) is 1. The average molecular weight is 388 g/mol. The van der Waals surface area contributed by atoms with Gasteiger partial charge < -0.3 is 11.1 Å². The van der Waals surface area contributed by atoms with Gasteiger partial charge in [-0.1, -0.05) is 6.07 Å². The van der Waals surface area contributed by atoms with Gasteiger partial charge in [-0.25, -0.2) is 4.39 Å². The number of carbonyl (C=O) groups excluding carboxylic acids is 1. The molecule has 98 valence electrons. The maximum absolute atomic E-state index is 13.1. The summed E-state index contributed by atoms with van der Waals surface area (Å²) < 4.78 is 14.0. The fourth-order valence-electron chi connectivity index (χ4n) is 1.53. The molecule has 0 aliphatic heterocycles. The van der Waals surface area contributed by atoms with Crippen LogP contribution in [0, 0.1) is 5.82 Å². The van der Waals surface area contributed by atoms with E-state index in [2.05, 4.69) is 37.2 Å². The average Bonchev–Trinajstić information content (AvgIpc) is 2.33. The SMILES string of the molecule is Nc1cccc(C(=O)Nc2c(Br)cc(F)cc2Br)c1. The first-order valence-corrected chi connectivity index (χ1v) is 6.87. The maximum Gasteiger partial charge on any atom is 0.255 e. The molecule has 1 amide bonds. The van der Waals surface area contributed by atoms with Crippen LogP contribution in [0.5, 0.6) is 0 Å². The molecular formula is C13H9Br2FN2O. The summed E-state index contributed by atoms with van der Waals surface area (Å²) in [6.45, 7) is 0. The fourth-order valence-corrected chi connectivity index (χ4v) is 2.86. The third-order valence-electron chi connectivity index (χ3n) is 2.39. The molecular weight excluding hydrogens is 379 g/mol. The van der Waals surface area contributed by atoms with Crippen molar-refractivity contribution >= 4 is 49.1 Å². The molecule has 0 aromatic heterocycles. The quantitative estimate of drug-likeness (QED) is 0.759. The molecule has 0 radical (unpaired) electrons. The molecule has 2 rings (SSSR count). The summed E-state index contributed by atoms with van der Waals surface area (Å²) in [7, 11) is 0. The zero-order valence-electron chi connectivity index (χ0n) is 9.58. The molecule has 0 unspecified atom stereocenters. The Labute approximate surface area is 126 Å². The van der Waals surface area contributed by atoms with Crippen LogP contribution in [0.15, 0.2) is 45.3 Å². The first kappa shape index (κ1) is 14.0. The maximum atomic E-state index is 13.1. The van der Waals surface area contributed by atoms with E-state index in [9.17, 15) is 9.18 Å². The van der Waals surface area contributed by atoms with Gasteiger partial charge in [-0.05, 0) is 62.2 Å². The second-order valence-corrected chi connectivity index (χ2v) is 5.53. The molecule has 3 N–H and O–H groups in total. The van der Waals surface area contributed by atoms with Gasteiger partial charge in [0.25, 0.3) is 5.91 Å². The molecule has 0 aliphatic rings. The minimum atomic E-state index is -0.402. The lowest BCUT2D eigenvalue weighted by Gasteiger charge is -2.10. The summed E-state index contributed by atoms with van der Waals surface area (Å²) in [5.74, 6) is -0.721. The molecule has 3 nitrogen and oxygen atoms in total. The molecule has 19 heavy (non-hydrogen) atoms. The van der Waals surface area contributed by atoms with E-state index in [1.165, 1.54) is 12.1 Å². The molecule has 0 atom stereocenters. The molecule has 2 aromatic carbocycles. The number of hydrogen-bond acceptors (Lipinski definition) is 2. The number of anilines is 2. The van der Waals surface area contributed by atoms with Gasteiger partial charge in [0.1, 0.15) is 5.82 Å². The summed E-state index contributed by atoms with van der Waals surface area (Å²) in [5, 5.41) is 2.69. The molecule has 0 saturated heterocycles. The van der Waals surface area contributed by atoms with Gasteiger partial charge in [0.15, 0.2) is 0 Å². The summed E-state index contributed by atoms with van der Waals surface area (Å²) in [4.78, 5) is 12.1. The van der Waals surface area contributed by atoms with E-state index in [0.29, 0.717) is 25.9 Å². The number of carbonyl (C=O) groups is 1. The molecule has 0 aliphatic carbocycles. The molecule has 0 heterocycles. The molecule has 2 aromatic rings. The van der Waals surface area contributed by atoms with Crippen molar-refractivity contribution in [3.8, 4) is 0 Å². The standard InChI is InChI=1S/C13H9Br2FN2O/c14-10-5-8(16)6-11(15)12(10)18-13(19)7-2-1-3-9(17)4-7/h1-6H,17H2,(H,18,19). The van der Waals surface area contributed by atoms with Crippen molar-refractivity contribution in [3.63, 3.8) is 0 Å². The van der Waals surface area contributed by atoms with E-state index in [1.807, 2.05) is 0 Å². The number of nitrogen functional groups attached to an aromatic ring is 1. The molecule has 0 fully saturated rings. The zero-order valence-corrected chi connectivity index (χ0v) is 12.8. The lowest BCUT2D eigenvalue weighted by molar-refractivity contribution is 0.102. The van der Waals surface area contributed by atoms with Crippen LogP contribution in [0.2, 0.25) is 0 Å². The van der Waals surface area contributed by atoms with Crippen molar-refractivity contribution in [1.82, 2.24) is 0 Å². The fraction of sp³-hybridized carbons (Fsp3) is 0. The van der Waals surface area contributed by atoms with E-state index in [0.717, 1.165) is 0 Å². The van der Waals surface area contributed by atoms with Gasteiger partial charge in [-0.15, -0.1) is 0 Å². The molecule has 0 bridgehead atoms. The number of nitrogens with one attached hydrogen (secondary N) is 1. The van der Waals surface area contributed by atoms with Crippen LogP contribution >= 0.6 is 31.9 Å². The Morgan fingerprint density at radius 3 is 2.37 bits per heavy atom. The zero-order chi connectivity index (χ0) is 14.0. The Morgan fingerprint density at radius 1 is 1.16 bits per heavy atom. The van der Waals surface area contributed by atoms with Gasteiger partial charge in [-0.3, -0.25) is 4.79 Å². The minimum Gasteiger partial charge on any atom is -0.399 e. The molecule has 0 spiro atoms. The Bertz CT molecular complexity index is 623. The number of amides is 1. The number of halogens is 3. The smallest absolute Gasteiger partial charge is 0.255 e. The second-order valence-electron chi connectivity index (χ2n) is 3.82. The van der Waals surface area contributed by atoms with Crippen molar-refractivity contribution in [2.75, 3.05) is 11.1 Å². The number of benzene rings is 2. The van der Waals surface area contributed by atoms with Gasteiger partial charge in [-0.2, -0.15) is 0 Å². The highest BCUT2D eigenvalue weighted by atomic mass is 79.9. The third kappa shape index (κ3) is 3.33. The van der Waals surface area contributed by atoms with Gasteiger partial charge >= 0.3 is 0 Å². The Balaban J connectivity index is 2.29. The highest BCUT2D eigenvalue weighted by Crippen LogP contribution is 2.32. The van der Waals surface area contributed by atoms with Crippen LogP contribution in [-0.2, 0) is 0 Å². The topological polar surface area (TPSA) is 55.1 Å². The largest absolute Gasteiger partial charge is 0.399 e. The van der Waals surface area contributed by atoms with Crippen LogP contribution < -0.4 is 11.1 Å². The predicted octanol–water partition coefficient (Wildman–Crippen LogP) is 4.19. The van der Waals surface area contributed by atoms with Crippen molar-refractivity contribution < 1.29 is 9.18 Å². The lowest BCUT2D eigenvalue weighted by Crippen LogP contribution is -2.13. The summed E-state index contributed by atoms with van der Waals surface area (Å²) in [5.41, 5.74) is 7.03. The van der Waals surface area contributed by atoms with Crippen LogP contribution in [0.1, 0.15) is 10.4 Å². The third-order valence-corrected chi connectivity index (χ3v) is 3.65. The Kier molecular flexibility index (Phi) is 4.21. The van der Waals surface area contributed by atoms with E-state index in [4.69, 9.17) is 5.73 Å². The van der Waals surface area contributed by atoms with Crippen LogP contribution in [0.3, 0.4) is 0 Å².